The van der Waals surface area contributed by atoms with Crippen LogP contribution < -0.4 is 20.7 Å². The fraction of sp³-hybridized carbons (Fsp3) is 0.136. The van der Waals surface area contributed by atoms with Crippen LogP contribution in [0.2, 0.25) is 0 Å². The second-order valence-electron chi connectivity index (χ2n) is 6.41. The van der Waals surface area contributed by atoms with Crippen LogP contribution in [0.1, 0.15) is 34.3 Å². The number of benzene rings is 2. The average molecular weight is 502 g/mol. The summed E-state index contributed by atoms with van der Waals surface area (Å²) in [6, 6.07) is 15.2. The smallest absolute Gasteiger partial charge is 0.291 e. The maximum Gasteiger partial charge on any atom is 0.291 e. The highest BCUT2D eigenvalue weighted by atomic mass is 79.9. The van der Waals surface area contributed by atoms with E-state index < -0.39 is 0 Å². The second kappa shape index (κ2) is 10.7. The Bertz CT molecular complexity index is 1090. The van der Waals surface area contributed by atoms with Gasteiger partial charge in [0.2, 0.25) is 0 Å². The summed E-state index contributed by atoms with van der Waals surface area (Å²) in [5, 5.41) is 8.42. The largest absolute Gasteiger partial charge is 0.492 e. The molecule has 2 aromatic carbocycles. The molecule has 0 radical (unpaired) electrons. The van der Waals surface area contributed by atoms with E-state index in [1.54, 1.807) is 54.6 Å². The van der Waals surface area contributed by atoms with Crippen LogP contribution in [0.25, 0.3) is 0 Å². The van der Waals surface area contributed by atoms with Gasteiger partial charge in [-0.25, -0.2) is 0 Å². The maximum atomic E-state index is 12.5. The topological polar surface area (TPSA) is 92.6 Å². The van der Waals surface area contributed by atoms with Gasteiger partial charge < -0.3 is 19.8 Å². The van der Waals surface area contributed by atoms with Gasteiger partial charge in [0, 0.05) is 16.9 Å². The first-order valence-electron chi connectivity index (χ1n) is 9.46. The molecule has 0 saturated carbocycles. The fourth-order valence-electron chi connectivity index (χ4n) is 2.58. The number of thiocarbonyl (C=S) groups is 1. The Labute approximate surface area is 193 Å². The Morgan fingerprint density at radius 3 is 2.48 bits per heavy atom. The molecule has 7 nitrogen and oxygen atoms in total. The molecular formula is C22H20BrN3O4S. The first kappa shape index (κ1) is 22.5. The minimum Gasteiger partial charge on any atom is -0.492 e. The van der Waals surface area contributed by atoms with Crippen molar-refractivity contribution in [1.29, 1.82) is 0 Å². The molecule has 3 rings (SSSR count). The van der Waals surface area contributed by atoms with Crippen molar-refractivity contribution < 1.29 is 18.7 Å². The molecule has 0 aliphatic rings. The van der Waals surface area contributed by atoms with Crippen LogP contribution in [0.5, 0.6) is 5.75 Å². The third-order valence-electron chi connectivity index (χ3n) is 4.01. The lowest BCUT2D eigenvalue weighted by Crippen LogP contribution is -2.34. The van der Waals surface area contributed by atoms with Crippen molar-refractivity contribution in [3.63, 3.8) is 0 Å². The quantitative estimate of drug-likeness (QED) is 0.384. The fourth-order valence-corrected chi connectivity index (χ4v) is 3.29. The second-order valence-corrected chi connectivity index (χ2v) is 7.68. The molecule has 0 spiro atoms. The molecule has 9 heteroatoms. The molecule has 1 heterocycles. The molecular weight excluding hydrogens is 482 g/mol. The van der Waals surface area contributed by atoms with Gasteiger partial charge in [0.05, 0.1) is 17.3 Å². The third-order valence-corrected chi connectivity index (χ3v) is 4.83. The summed E-state index contributed by atoms with van der Waals surface area (Å²) in [5.41, 5.74) is 1.58. The standard InChI is InChI=1S/C22H20BrN3O4S/c1-2-10-29-18-9-8-14(12-17(18)23)20(27)26-22(31)25-16-6-3-5-15(13-16)24-21(28)19-7-4-11-30-19/h3-9,11-13H,2,10H2,1H3,(H,24,28)(H2,25,26,27,31). The van der Waals surface area contributed by atoms with Crippen molar-refractivity contribution in [1.82, 2.24) is 5.32 Å². The minimum absolute atomic E-state index is 0.127. The number of hydrogen-bond acceptors (Lipinski definition) is 5. The Morgan fingerprint density at radius 1 is 1.03 bits per heavy atom. The summed E-state index contributed by atoms with van der Waals surface area (Å²) in [7, 11) is 0. The number of carbonyl (C=O) groups excluding carboxylic acids is 2. The van der Waals surface area contributed by atoms with Crippen LogP contribution >= 0.6 is 28.1 Å². The zero-order valence-electron chi connectivity index (χ0n) is 16.6. The van der Waals surface area contributed by atoms with Crippen molar-refractivity contribution in [3.05, 3.63) is 76.7 Å². The highest BCUT2D eigenvalue weighted by molar-refractivity contribution is 9.10. The predicted molar refractivity (Wildman–Crippen MR) is 127 cm³/mol. The lowest BCUT2D eigenvalue weighted by Gasteiger charge is -2.12. The minimum atomic E-state index is -0.366. The van der Waals surface area contributed by atoms with Crippen molar-refractivity contribution in [3.8, 4) is 5.75 Å². The van der Waals surface area contributed by atoms with E-state index in [1.807, 2.05) is 6.92 Å². The molecule has 0 aliphatic heterocycles. The van der Waals surface area contributed by atoms with E-state index in [9.17, 15) is 9.59 Å². The number of anilines is 2. The molecule has 2 amide bonds. The third kappa shape index (κ3) is 6.40. The first-order chi connectivity index (χ1) is 15.0. The summed E-state index contributed by atoms with van der Waals surface area (Å²) in [6.45, 7) is 2.62. The number of furan rings is 1. The molecule has 3 N–H and O–H groups in total. The lowest BCUT2D eigenvalue weighted by molar-refractivity contribution is 0.0975. The van der Waals surface area contributed by atoms with Gasteiger partial charge in [0.1, 0.15) is 5.75 Å². The molecule has 0 aliphatic carbocycles. The molecule has 0 saturated heterocycles. The van der Waals surface area contributed by atoms with Crippen molar-refractivity contribution in [2.24, 2.45) is 0 Å². The van der Waals surface area contributed by atoms with Crippen molar-refractivity contribution in [2.45, 2.75) is 13.3 Å². The Hall–Kier alpha value is -3.17. The number of amides is 2. The Kier molecular flexibility index (Phi) is 7.80. The van der Waals surface area contributed by atoms with Gasteiger partial charge in [-0.3, -0.25) is 14.9 Å². The molecule has 0 bridgehead atoms. The highest BCUT2D eigenvalue weighted by Crippen LogP contribution is 2.26. The van der Waals surface area contributed by atoms with Crippen LogP contribution in [-0.4, -0.2) is 23.5 Å². The zero-order chi connectivity index (χ0) is 22.2. The van der Waals surface area contributed by atoms with E-state index in [-0.39, 0.29) is 22.7 Å². The van der Waals surface area contributed by atoms with Gasteiger partial charge >= 0.3 is 0 Å². The monoisotopic (exact) mass is 501 g/mol. The van der Waals surface area contributed by atoms with Gasteiger partial charge in [0.25, 0.3) is 11.8 Å². The summed E-state index contributed by atoms with van der Waals surface area (Å²) < 4.78 is 11.4. The van der Waals surface area contributed by atoms with E-state index >= 15 is 0 Å². The molecule has 31 heavy (non-hydrogen) atoms. The summed E-state index contributed by atoms with van der Waals surface area (Å²) in [5.74, 6) is 0.156. The Balaban J connectivity index is 1.58. The average Bonchev–Trinajstić information content (AvgIpc) is 3.28. The Morgan fingerprint density at radius 2 is 1.81 bits per heavy atom. The van der Waals surface area contributed by atoms with Gasteiger partial charge in [-0.05, 0) is 83.1 Å². The molecule has 0 atom stereocenters. The van der Waals surface area contributed by atoms with Crippen molar-refractivity contribution in [2.75, 3.05) is 17.2 Å². The molecule has 160 valence electrons. The number of rotatable bonds is 7. The van der Waals surface area contributed by atoms with Crippen LogP contribution in [0.3, 0.4) is 0 Å². The highest BCUT2D eigenvalue weighted by Gasteiger charge is 2.12. The lowest BCUT2D eigenvalue weighted by atomic mass is 10.2. The normalized spacial score (nSPS) is 10.3. The number of carbonyl (C=O) groups is 2. The number of halogens is 1. The molecule has 0 unspecified atom stereocenters. The van der Waals surface area contributed by atoms with Crippen LogP contribution in [0, 0.1) is 0 Å². The van der Waals surface area contributed by atoms with Gasteiger partial charge in [-0.15, -0.1) is 0 Å². The number of ether oxygens (including phenoxy) is 1. The van der Waals surface area contributed by atoms with Crippen LogP contribution in [-0.2, 0) is 0 Å². The van der Waals surface area contributed by atoms with Gasteiger partial charge in [-0.2, -0.15) is 0 Å². The van der Waals surface area contributed by atoms with E-state index in [2.05, 4.69) is 31.9 Å². The zero-order valence-corrected chi connectivity index (χ0v) is 19.0. The van der Waals surface area contributed by atoms with Gasteiger partial charge in [0.15, 0.2) is 10.9 Å². The summed E-state index contributed by atoms with van der Waals surface area (Å²) >= 11 is 8.66. The SMILES string of the molecule is CCCOc1ccc(C(=O)NC(=S)Nc2cccc(NC(=O)c3ccco3)c2)cc1Br. The first-order valence-corrected chi connectivity index (χ1v) is 10.7. The number of hydrogen-bond donors (Lipinski definition) is 3. The van der Waals surface area contributed by atoms with E-state index in [4.69, 9.17) is 21.4 Å². The molecule has 3 aromatic rings. The molecule has 1 aromatic heterocycles. The van der Waals surface area contributed by atoms with Gasteiger partial charge in [-0.1, -0.05) is 13.0 Å². The maximum absolute atomic E-state index is 12.5. The van der Waals surface area contributed by atoms with E-state index in [0.717, 1.165) is 6.42 Å². The van der Waals surface area contributed by atoms with Crippen molar-refractivity contribution >= 4 is 56.4 Å². The van der Waals surface area contributed by atoms with Crippen LogP contribution in [0.4, 0.5) is 11.4 Å². The van der Waals surface area contributed by atoms with E-state index in [1.165, 1.54) is 6.26 Å². The number of nitrogens with one attached hydrogen (secondary N) is 3. The summed E-state index contributed by atoms with van der Waals surface area (Å²) in [6.07, 6.45) is 2.32. The molecule has 0 fully saturated rings. The predicted octanol–water partition coefficient (Wildman–Crippen LogP) is 5.21. The van der Waals surface area contributed by atoms with E-state index in [0.29, 0.717) is 33.8 Å². The van der Waals surface area contributed by atoms with Crippen LogP contribution in [0.15, 0.2) is 69.8 Å². The summed E-state index contributed by atoms with van der Waals surface area (Å²) in [4.78, 5) is 24.6.